The van der Waals surface area contributed by atoms with Crippen molar-refractivity contribution in [3.63, 3.8) is 0 Å². The molecule has 0 amide bonds. The topological polar surface area (TPSA) is 24.5 Å². The molecule has 3 rings (SSSR count). The van der Waals surface area contributed by atoms with Gasteiger partial charge in [0.15, 0.2) is 0 Å². The zero-order chi connectivity index (χ0) is 17.6. The van der Waals surface area contributed by atoms with Crippen molar-refractivity contribution in [3.05, 3.63) is 64.4 Å². The Hall–Kier alpha value is -1.62. The van der Waals surface area contributed by atoms with Crippen LogP contribution in [0.25, 0.3) is 0 Å². The van der Waals surface area contributed by atoms with Crippen LogP contribution in [0.15, 0.2) is 42.5 Å². The third-order valence-corrected chi connectivity index (χ3v) is 5.12. The number of hydrogen-bond acceptors (Lipinski definition) is 3. The lowest BCUT2D eigenvalue weighted by Gasteiger charge is -2.28. The molecular formula is C20H24ClFN2O. The van der Waals surface area contributed by atoms with Crippen LogP contribution in [0.3, 0.4) is 0 Å². The van der Waals surface area contributed by atoms with Crippen LogP contribution in [0.4, 0.5) is 4.39 Å². The van der Waals surface area contributed by atoms with Crippen LogP contribution in [-0.4, -0.2) is 31.6 Å². The number of nitrogens with one attached hydrogen (secondary N) is 1. The van der Waals surface area contributed by atoms with Gasteiger partial charge in [-0.25, -0.2) is 4.39 Å². The van der Waals surface area contributed by atoms with Crippen molar-refractivity contribution < 1.29 is 9.13 Å². The van der Waals surface area contributed by atoms with Gasteiger partial charge in [-0.15, -0.1) is 0 Å². The molecule has 1 N–H and O–H groups in total. The molecule has 0 saturated carbocycles. The molecule has 1 heterocycles. The van der Waals surface area contributed by atoms with Crippen molar-refractivity contribution in [2.24, 2.45) is 0 Å². The molecule has 1 atom stereocenters. The third kappa shape index (κ3) is 4.51. The number of likely N-dealkylation sites (tertiary alicyclic amines) is 1. The maximum absolute atomic E-state index is 13.9. The molecule has 25 heavy (non-hydrogen) atoms. The van der Waals surface area contributed by atoms with Gasteiger partial charge in [0.1, 0.15) is 11.6 Å². The van der Waals surface area contributed by atoms with Crippen LogP contribution in [0.5, 0.6) is 5.75 Å². The van der Waals surface area contributed by atoms with Gasteiger partial charge in [0, 0.05) is 29.7 Å². The first kappa shape index (κ1) is 18.2. The molecule has 1 aliphatic rings. The molecule has 0 aliphatic carbocycles. The van der Waals surface area contributed by atoms with E-state index in [9.17, 15) is 4.39 Å². The van der Waals surface area contributed by atoms with E-state index in [4.69, 9.17) is 16.3 Å². The first-order valence-corrected chi connectivity index (χ1v) is 9.08. The maximum Gasteiger partial charge on any atom is 0.129 e. The number of benzene rings is 2. The molecule has 0 radical (unpaired) electrons. The van der Waals surface area contributed by atoms with Crippen molar-refractivity contribution in [2.45, 2.75) is 25.4 Å². The Labute approximate surface area is 153 Å². The van der Waals surface area contributed by atoms with Crippen molar-refractivity contribution in [1.82, 2.24) is 10.2 Å². The molecule has 1 unspecified atom stereocenters. The first-order chi connectivity index (χ1) is 12.2. The van der Waals surface area contributed by atoms with Gasteiger partial charge < -0.3 is 10.1 Å². The summed E-state index contributed by atoms with van der Waals surface area (Å²) in [6.45, 7) is 3.33. The van der Waals surface area contributed by atoms with E-state index in [0.29, 0.717) is 17.1 Å². The minimum atomic E-state index is -0.265. The van der Waals surface area contributed by atoms with Crippen LogP contribution < -0.4 is 10.1 Å². The maximum atomic E-state index is 13.9. The Bertz CT molecular complexity index is 684. The predicted molar refractivity (Wildman–Crippen MR) is 99.7 cm³/mol. The summed E-state index contributed by atoms with van der Waals surface area (Å²) in [5, 5.41) is 3.85. The molecule has 3 nitrogen and oxygen atoms in total. The molecule has 1 fully saturated rings. The predicted octanol–water partition coefficient (Wildman–Crippen LogP) is 4.41. The zero-order valence-corrected chi connectivity index (χ0v) is 15.2. The molecule has 2 aromatic carbocycles. The van der Waals surface area contributed by atoms with E-state index in [1.165, 1.54) is 24.5 Å². The minimum absolute atomic E-state index is 0.239. The van der Waals surface area contributed by atoms with Gasteiger partial charge in [0.2, 0.25) is 0 Å². The zero-order valence-electron chi connectivity index (χ0n) is 14.5. The molecule has 0 spiro atoms. The highest BCUT2D eigenvalue weighted by molar-refractivity contribution is 6.31. The lowest BCUT2D eigenvalue weighted by Crippen LogP contribution is -2.34. The van der Waals surface area contributed by atoms with Crippen LogP contribution in [0, 0.1) is 5.82 Å². The van der Waals surface area contributed by atoms with E-state index >= 15 is 0 Å². The smallest absolute Gasteiger partial charge is 0.129 e. The molecule has 1 saturated heterocycles. The number of methoxy groups -OCH3 is 1. The van der Waals surface area contributed by atoms with Crippen molar-refractivity contribution >= 4 is 11.6 Å². The average molecular weight is 363 g/mol. The van der Waals surface area contributed by atoms with Gasteiger partial charge in [-0.05, 0) is 55.8 Å². The van der Waals surface area contributed by atoms with Gasteiger partial charge in [-0.2, -0.15) is 0 Å². The number of halogens is 2. The quantitative estimate of drug-likeness (QED) is 0.789. The third-order valence-electron chi connectivity index (χ3n) is 4.76. The fourth-order valence-corrected chi connectivity index (χ4v) is 3.62. The van der Waals surface area contributed by atoms with Gasteiger partial charge in [-0.3, -0.25) is 4.90 Å². The summed E-state index contributed by atoms with van der Waals surface area (Å²) < 4.78 is 19.3. The van der Waals surface area contributed by atoms with Gasteiger partial charge in [0.25, 0.3) is 0 Å². The molecule has 0 aromatic heterocycles. The van der Waals surface area contributed by atoms with Crippen molar-refractivity contribution in [3.8, 4) is 5.75 Å². The highest BCUT2D eigenvalue weighted by Gasteiger charge is 2.23. The highest BCUT2D eigenvalue weighted by atomic mass is 35.5. The Kier molecular flexibility index (Phi) is 6.29. The number of ether oxygens (including phenoxy) is 1. The van der Waals surface area contributed by atoms with Gasteiger partial charge >= 0.3 is 0 Å². The lowest BCUT2D eigenvalue weighted by atomic mass is 10.0. The Morgan fingerprint density at radius 3 is 2.68 bits per heavy atom. The van der Waals surface area contributed by atoms with Crippen LogP contribution in [0.1, 0.15) is 30.0 Å². The minimum Gasteiger partial charge on any atom is -0.497 e. The summed E-state index contributed by atoms with van der Waals surface area (Å²) in [6, 6.07) is 13.2. The normalized spacial score (nSPS) is 16.1. The standard InChI is InChI=1S/C20H24ClFN2O/c1-25-16-7-4-6-15(12-16)20(24-10-2-3-11-24)14-23-13-17-18(21)8-5-9-19(17)22/h4-9,12,20,23H,2-3,10-11,13-14H2,1H3. The average Bonchev–Trinajstić information content (AvgIpc) is 3.15. The Balaban J connectivity index is 1.72. The summed E-state index contributed by atoms with van der Waals surface area (Å²) in [6.07, 6.45) is 2.44. The molecule has 134 valence electrons. The molecular weight excluding hydrogens is 339 g/mol. The summed E-state index contributed by atoms with van der Waals surface area (Å²) in [5.41, 5.74) is 1.74. The summed E-state index contributed by atoms with van der Waals surface area (Å²) >= 11 is 6.12. The summed E-state index contributed by atoms with van der Waals surface area (Å²) in [5.74, 6) is 0.595. The number of nitrogens with zero attached hydrogens (tertiary/aromatic N) is 1. The summed E-state index contributed by atoms with van der Waals surface area (Å²) in [4.78, 5) is 2.48. The first-order valence-electron chi connectivity index (χ1n) is 8.70. The SMILES string of the molecule is COc1cccc(C(CNCc2c(F)cccc2Cl)N2CCCC2)c1. The fraction of sp³-hybridized carbons (Fsp3) is 0.400. The largest absolute Gasteiger partial charge is 0.497 e. The van der Waals surface area contributed by atoms with Gasteiger partial charge in [0.05, 0.1) is 7.11 Å². The Morgan fingerprint density at radius 2 is 1.96 bits per heavy atom. The lowest BCUT2D eigenvalue weighted by molar-refractivity contribution is 0.237. The van der Waals surface area contributed by atoms with E-state index in [0.717, 1.165) is 25.4 Å². The van der Waals surface area contributed by atoms with E-state index in [-0.39, 0.29) is 11.9 Å². The van der Waals surface area contributed by atoms with Crippen molar-refractivity contribution in [1.29, 1.82) is 0 Å². The van der Waals surface area contributed by atoms with E-state index in [1.54, 1.807) is 19.2 Å². The second-order valence-electron chi connectivity index (χ2n) is 6.37. The number of hydrogen-bond donors (Lipinski definition) is 1. The second kappa shape index (κ2) is 8.65. The second-order valence-corrected chi connectivity index (χ2v) is 6.77. The summed E-state index contributed by atoms with van der Waals surface area (Å²) in [7, 11) is 1.68. The molecule has 2 aromatic rings. The van der Waals surface area contributed by atoms with E-state index in [1.807, 2.05) is 12.1 Å². The highest BCUT2D eigenvalue weighted by Crippen LogP contribution is 2.27. The van der Waals surface area contributed by atoms with Crippen LogP contribution in [0.2, 0.25) is 5.02 Å². The van der Waals surface area contributed by atoms with Gasteiger partial charge in [-0.1, -0.05) is 29.8 Å². The van der Waals surface area contributed by atoms with E-state index < -0.39 is 0 Å². The fourth-order valence-electron chi connectivity index (χ4n) is 3.39. The van der Waals surface area contributed by atoms with E-state index in [2.05, 4.69) is 22.3 Å². The molecule has 5 heteroatoms. The Morgan fingerprint density at radius 1 is 1.20 bits per heavy atom. The van der Waals surface area contributed by atoms with Crippen LogP contribution in [-0.2, 0) is 6.54 Å². The molecule has 0 bridgehead atoms. The number of rotatable bonds is 7. The van der Waals surface area contributed by atoms with Crippen LogP contribution >= 0.6 is 11.6 Å². The van der Waals surface area contributed by atoms with Crippen molar-refractivity contribution in [2.75, 3.05) is 26.7 Å². The molecule has 1 aliphatic heterocycles. The monoisotopic (exact) mass is 362 g/mol.